The lowest BCUT2D eigenvalue weighted by Gasteiger charge is -2.18. The summed E-state index contributed by atoms with van der Waals surface area (Å²) in [5.41, 5.74) is 5.18. The maximum atomic E-state index is 13.0. The largest absolute Gasteiger partial charge is 0.479 e. The first-order valence-corrected chi connectivity index (χ1v) is 6.50. The fourth-order valence-corrected chi connectivity index (χ4v) is 1.72. The number of hydrogen-bond donors (Lipinski definition) is 2. The minimum atomic E-state index is -4.63. The van der Waals surface area contributed by atoms with Crippen molar-refractivity contribution in [3.8, 4) is 5.75 Å². The first kappa shape index (κ1) is 17.3. The lowest BCUT2D eigenvalue weighted by Crippen LogP contribution is -2.25. The fraction of sp³-hybridized carbons (Fsp3) is 0.500. The van der Waals surface area contributed by atoms with Gasteiger partial charge in [0.25, 0.3) is 0 Å². The van der Waals surface area contributed by atoms with Crippen LogP contribution in [0.5, 0.6) is 5.75 Å². The number of carboxylic acid groups (broad SMARTS) is 1. The molecule has 2 atom stereocenters. The number of carboxylic acids is 1. The van der Waals surface area contributed by atoms with Crippen LogP contribution in [0.2, 0.25) is 0 Å². The second-order valence-corrected chi connectivity index (χ2v) is 4.80. The van der Waals surface area contributed by atoms with Crippen LogP contribution in [-0.2, 0) is 17.4 Å². The third-order valence-corrected chi connectivity index (χ3v) is 3.02. The predicted octanol–water partition coefficient (Wildman–Crippen LogP) is 2.84. The Morgan fingerprint density at radius 2 is 2.05 bits per heavy atom. The van der Waals surface area contributed by atoms with Crippen molar-refractivity contribution in [2.75, 3.05) is 0 Å². The molecule has 0 aliphatic rings. The van der Waals surface area contributed by atoms with Crippen LogP contribution in [0.1, 0.15) is 31.4 Å². The number of halogens is 3. The van der Waals surface area contributed by atoms with Crippen LogP contribution >= 0.6 is 0 Å². The highest BCUT2D eigenvalue weighted by molar-refractivity contribution is 5.72. The third kappa shape index (κ3) is 4.93. The molecule has 0 aromatic heterocycles. The van der Waals surface area contributed by atoms with E-state index in [0.717, 1.165) is 12.1 Å². The van der Waals surface area contributed by atoms with Gasteiger partial charge in [0.1, 0.15) is 5.75 Å². The second kappa shape index (κ2) is 6.80. The molecule has 4 nitrogen and oxygen atoms in total. The monoisotopic (exact) mass is 305 g/mol. The van der Waals surface area contributed by atoms with Gasteiger partial charge in [0.2, 0.25) is 0 Å². The summed E-state index contributed by atoms with van der Waals surface area (Å²) in [4.78, 5) is 10.7. The van der Waals surface area contributed by atoms with Crippen molar-refractivity contribution in [3.63, 3.8) is 0 Å². The molecule has 1 aromatic carbocycles. The highest BCUT2D eigenvalue weighted by atomic mass is 19.4. The molecular formula is C14H18F3NO3. The van der Waals surface area contributed by atoms with Gasteiger partial charge in [-0.25, -0.2) is 4.79 Å². The summed E-state index contributed by atoms with van der Waals surface area (Å²) < 4.78 is 44.0. The van der Waals surface area contributed by atoms with Crippen molar-refractivity contribution < 1.29 is 27.8 Å². The van der Waals surface area contributed by atoms with Crippen LogP contribution in [0.3, 0.4) is 0 Å². The fourth-order valence-electron chi connectivity index (χ4n) is 1.72. The molecule has 1 aromatic rings. The average molecular weight is 305 g/mol. The van der Waals surface area contributed by atoms with E-state index in [4.69, 9.17) is 15.6 Å². The van der Waals surface area contributed by atoms with Gasteiger partial charge in [-0.3, -0.25) is 0 Å². The van der Waals surface area contributed by atoms with Gasteiger partial charge in [-0.1, -0.05) is 13.0 Å². The molecule has 0 spiro atoms. The van der Waals surface area contributed by atoms with E-state index in [1.807, 2.05) is 6.92 Å². The summed E-state index contributed by atoms with van der Waals surface area (Å²) in [5, 5.41) is 8.72. The van der Waals surface area contributed by atoms with Crippen molar-refractivity contribution in [2.24, 2.45) is 5.73 Å². The van der Waals surface area contributed by atoms with Crippen molar-refractivity contribution in [1.82, 2.24) is 0 Å². The van der Waals surface area contributed by atoms with Gasteiger partial charge in [0.15, 0.2) is 6.10 Å². The molecule has 3 N–H and O–H groups in total. The van der Waals surface area contributed by atoms with Crippen molar-refractivity contribution in [1.29, 1.82) is 0 Å². The highest BCUT2D eigenvalue weighted by Crippen LogP contribution is 2.37. The molecule has 21 heavy (non-hydrogen) atoms. The van der Waals surface area contributed by atoms with Crippen LogP contribution in [0.25, 0.3) is 0 Å². The maximum Gasteiger partial charge on any atom is 0.419 e. The topological polar surface area (TPSA) is 72.5 Å². The molecule has 118 valence electrons. The quantitative estimate of drug-likeness (QED) is 0.847. The third-order valence-electron chi connectivity index (χ3n) is 3.02. The number of alkyl halides is 3. The lowest BCUT2D eigenvalue weighted by molar-refractivity contribution is -0.147. The van der Waals surface area contributed by atoms with Crippen LogP contribution in [0.4, 0.5) is 13.2 Å². The zero-order chi connectivity index (χ0) is 16.2. The molecule has 0 saturated carbocycles. The van der Waals surface area contributed by atoms with E-state index in [0.29, 0.717) is 18.4 Å². The Labute approximate surface area is 120 Å². The summed E-state index contributed by atoms with van der Waals surface area (Å²) in [5.74, 6) is -1.83. The predicted molar refractivity (Wildman–Crippen MR) is 71.1 cm³/mol. The van der Waals surface area contributed by atoms with Gasteiger partial charge in [-0.2, -0.15) is 13.2 Å². The van der Waals surface area contributed by atoms with Crippen molar-refractivity contribution in [2.45, 2.75) is 45.0 Å². The van der Waals surface area contributed by atoms with Crippen LogP contribution in [0.15, 0.2) is 18.2 Å². The summed E-state index contributed by atoms with van der Waals surface area (Å²) in [7, 11) is 0. The van der Waals surface area contributed by atoms with E-state index in [2.05, 4.69) is 0 Å². The van der Waals surface area contributed by atoms with Gasteiger partial charge in [0, 0.05) is 6.04 Å². The van der Waals surface area contributed by atoms with Gasteiger partial charge in [0.05, 0.1) is 5.56 Å². The number of ether oxygens (including phenoxy) is 1. The van der Waals surface area contributed by atoms with E-state index in [1.54, 1.807) is 0 Å². The molecule has 0 fully saturated rings. The van der Waals surface area contributed by atoms with Gasteiger partial charge in [-0.15, -0.1) is 0 Å². The SMILES string of the molecule is CCC(N)Cc1ccc(OC(C)C(=O)O)c(C(F)(F)F)c1. The van der Waals surface area contributed by atoms with E-state index in [1.165, 1.54) is 13.0 Å². The van der Waals surface area contributed by atoms with E-state index in [-0.39, 0.29) is 6.04 Å². The zero-order valence-corrected chi connectivity index (χ0v) is 11.8. The zero-order valence-electron chi connectivity index (χ0n) is 11.8. The molecule has 0 radical (unpaired) electrons. The molecule has 1 rings (SSSR count). The minimum absolute atomic E-state index is 0.226. The van der Waals surface area contributed by atoms with Crippen molar-refractivity contribution >= 4 is 5.97 Å². The first-order valence-electron chi connectivity index (χ1n) is 6.50. The average Bonchev–Trinajstić information content (AvgIpc) is 2.38. The normalized spacial score (nSPS) is 14.6. The minimum Gasteiger partial charge on any atom is -0.479 e. The van der Waals surface area contributed by atoms with Gasteiger partial charge >= 0.3 is 12.1 Å². The Kier molecular flexibility index (Phi) is 5.60. The Bertz CT molecular complexity index is 503. The standard InChI is InChI=1S/C14H18F3NO3/c1-3-10(18)6-9-4-5-12(21-8(2)13(19)20)11(7-9)14(15,16)17/h4-5,7-8,10H,3,6,18H2,1-2H3,(H,19,20). The number of rotatable bonds is 6. The van der Waals surface area contributed by atoms with Gasteiger partial charge in [-0.05, 0) is 37.5 Å². The Morgan fingerprint density at radius 1 is 1.43 bits per heavy atom. The lowest BCUT2D eigenvalue weighted by atomic mass is 10.0. The first-order chi connectivity index (χ1) is 9.65. The molecule has 7 heteroatoms. The van der Waals surface area contributed by atoms with Gasteiger partial charge < -0.3 is 15.6 Å². The summed E-state index contributed by atoms with van der Waals surface area (Å²) >= 11 is 0. The second-order valence-electron chi connectivity index (χ2n) is 4.80. The van der Waals surface area contributed by atoms with E-state index in [9.17, 15) is 18.0 Å². The van der Waals surface area contributed by atoms with Crippen LogP contribution < -0.4 is 10.5 Å². The van der Waals surface area contributed by atoms with Crippen molar-refractivity contribution in [3.05, 3.63) is 29.3 Å². The van der Waals surface area contributed by atoms with Crippen LogP contribution in [-0.4, -0.2) is 23.2 Å². The molecule has 2 unspecified atom stereocenters. The highest BCUT2D eigenvalue weighted by Gasteiger charge is 2.35. The molecule has 0 heterocycles. The number of hydrogen-bond acceptors (Lipinski definition) is 3. The van der Waals surface area contributed by atoms with Crippen LogP contribution in [0, 0.1) is 0 Å². The molecule has 0 aliphatic heterocycles. The number of benzene rings is 1. The Hall–Kier alpha value is -1.76. The number of nitrogens with two attached hydrogens (primary N) is 1. The van der Waals surface area contributed by atoms with E-state index >= 15 is 0 Å². The Balaban J connectivity index is 3.11. The smallest absolute Gasteiger partial charge is 0.419 e. The summed E-state index contributed by atoms with van der Waals surface area (Å²) in [6, 6.07) is 3.34. The maximum absolute atomic E-state index is 13.0. The molecule has 0 saturated heterocycles. The van der Waals surface area contributed by atoms with E-state index < -0.39 is 29.6 Å². The summed E-state index contributed by atoms with van der Waals surface area (Å²) in [6.07, 6.45) is -5.03. The molecule has 0 aliphatic carbocycles. The summed E-state index contributed by atoms with van der Waals surface area (Å²) in [6.45, 7) is 3.02. The molecular weight excluding hydrogens is 287 g/mol. The Morgan fingerprint density at radius 3 is 2.52 bits per heavy atom. The molecule has 0 bridgehead atoms. The number of carbonyl (C=O) groups is 1. The molecule has 0 amide bonds. The number of aliphatic carboxylic acids is 1.